The van der Waals surface area contributed by atoms with Crippen molar-refractivity contribution in [3.63, 3.8) is 0 Å². The average molecular weight is 126 g/mol. The third kappa shape index (κ3) is 7.22. The second-order valence-corrected chi connectivity index (χ2v) is 1.33. The molecule has 0 saturated carbocycles. The standard InChI is InChI=1S/C7H10O2/c1-3-5-8-7-9-6-4-2/h1,4H,2,5-7H2. The molecule has 0 aromatic carbocycles. The normalized spacial score (nSPS) is 8.33. The van der Waals surface area contributed by atoms with Crippen LogP contribution >= 0.6 is 0 Å². The Bertz CT molecular complexity index is 102. The summed E-state index contributed by atoms with van der Waals surface area (Å²) < 4.78 is 9.63. The fraction of sp³-hybridized carbons (Fsp3) is 0.429. The molecule has 2 nitrogen and oxygen atoms in total. The molecule has 0 aromatic heterocycles. The van der Waals surface area contributed by atoms with Gasteiger partial charge in [-0.15, -0.1) is 13.0 Å². The van der Waals surface area contributed by atoms with Gasteiger partial charge >= 0.3 is 0 Å². The second kappa shape index (κ2) is 7.22. The molecule has 0 atom stereocenters. The number of rotatable bonds is 5. The monoisotopic (exact) mass is 126 g/mol. The van der Waals surface area contributed by atoms with Crippen LogP contribution in [0.5, 0.6) is 0 Å². The fourth-order valence-electron chi connectivity index (χ4n) is 0.291. The van der Waals surface area contributed by atoms with Crippen molar-refractivity contribution in [2.75, 3.05) is 20.0 Å². The largest absolute Gasteiger partial charge is 0.351 e. The SMILES string of the molecule is C#CCOCOCC=C. The van der Waals surface area contributed by atoms with E-state index in [1.165, 1.54) is 0 Å². The van der Waals surface area contributed by atoms with Gasteiger partial charge in [-0.05, 0) is 0 Å². The van der Waals surface area contributed by atoms with E-state index in [2.05, 4.69) is 12.5 Å². The first-order valence-electron chi connectivity index (χ1n) is 2.61. The van der Waals surface area contributed by atoms with Gasteiger partial charge in [0.25, 0.3) is 0 Å². The van der Waals surface area contributed by atoms with Crippen molar-refractivity contribution in [1.29, 1.82) is 0 Å². The lowest BCUT2D eigenvalue weighted by molar-refractivity contribution is -0.0312. The zero-order valence-corrected chi connectivity index (χ0v) is 5.30. The van der Waals surface area contributed by atoms with Gasteiger partial charge in [0.2, 0.25) is 0 Å². The van der Waals surface area contributed by atoms with E-state index in [4.69, 9.17) is 15.9 Å². The minimum atomic E-state index is 0.246. The van der Waals surface area contributed by atoms with Crippen LogP contribution in [0, 0.1) is 12.3 Å². The number of hydrogen-bond donors (Lipinski definition) is 0. The number of ether oxygens (including phenoxy) is 2. The van der Waals surface area contributed by atoms with Crippen LogP contribution in [0.1, 0.15) is 0 Å². The van der Waals surface area contributed by atoms with Crippen molar-refractivity contribution in [2.45, 2.75) is 0 Å². The molecule has 0 unspecified atom stereocenters. The highest BCUT2D eigenvalue weighted by Crippen LogP contribution is 1.76. The van der Waals surface area contributed by atoms with E-state index >= 15 is 0 Å². The van der Waals surface area contributed by atoms with E-state index in [1.807, 2.05) is 0 Å². The molecule has 0 fully saturated rings. The van der Waals surface area contributed by atoms with Crippen LogP contribution < -0.4 is 0 Å². The van der Waals surface area contributed by atoms with Crippen molar-refractivity contribution in [3.05, 3.63) is 12.7 Å². The molecule has 0 radical (unpaired) electrons. The molecule has 0 bridgehead atoms. The smallest absolute Gasteiger partial charge is 0.148 e. The Morgan fingerprint density at radius 3 is 2.89 bits per heavy atom. The van der Waals surface area contributed by atoms with Crippen LogP contribution in [0.15, 0.2) is 12.7 Å². The summed E-state index contributed by atoms with van der Waals surface area (Å²) in [6.07, 6.45) is 6.54. The molecule has 0 aliphatic heterocycles. The van der Waals surface area contributed by atoms with Crippen LogP contribution in [-0.2, 0) is 9.47 Å². The van der Waals surface area contributed by atoms with Crippen LogP contribution in [0.2, 0.25) is 0 Å². The van der Waals surface area contributed by atoms with Crippen molar-refractivity contribution in [3.8, 4) is 12.3 Å². The minimum absolute atomic E-state index is 0.246. The van der Waals surface area contributed by atoms with Gasteiger partial charge < -0.3 is 9.47 Å². The molecule has 2 heteroatoms. The van der Waals surface area contributed by atoms with Gasteiger partial charge in [-0.2, -0.15) is 0 Å². The summed E-state index contributed by atoms with van der Waals surface area (Å²) in [5.41, 5.74) is 0. The zero-order chi connectivity index (χ0) is 6.95. The first-order valence-corrected chi connectivity index (χ1v) is 2.61. The Hall–Kier alpha value is -0.780. The molecule has 0 aliphatic carbocycles. The number of terminal acetylenes is 1. The Morgan fingerprint density at radius 2 is 2.33 bits per heavy atom. The molecule has 0 heterocycles. The van der Waals surface area contributed by atoms with Gasteiger partial charge in [0.05, 0.1) is 6.61 Å². The summed E-state index contributed by atoms with van der Waals surface area (Å²) >= 11 is 0. The molecule has 0 spiro atoms. The fourth-order valence-corrected chi connectivity index (χ4v) is 0.291. The molecule has 0 aliphatic rings. The summed E-state index contributed by atoms with van der Waals surface area (Å²) in [7, 11) is 0. The highest BCUT2D eigenvalue weighted by atomic mass is 16.7. The lowest BCUT2D eigenvalue weighted by atomic mass is 10.7. The molecule has 0 rings (SSSR count). The van der Waals surface area contributed by atoms with Crippen LogP contribution in [0.25, 0.3) is 0 Å². The van der Waals surface area contributed by atoms with Crippen LogP contribution in [0.4, 0.5) is 0 Å². The first-order chi connectivity index (χ1) is 4.41. The highest BCUT2D eigenvalue weighted by molar-refractivity contribution is 4.82. The Balaban J connectivity index is 2.76. The van der Waals surface area contributed by atoms with E-state index in [1.54, 1.807) is 6.08 Å². The highest BCUT2D eigenvalue weighted by Gasteiger charge is 1.79. The van der Waals surface area contributed by atoms with Crippen molar-refractivity contribution in [1.82, 2.24) is 0 Å². The summed E-state index contributed by atoms with van der Waals surface area (Å²) in [5, 5.41) is 0. The van der Waals surface area contributed by atoms with Crippen molar-refractivity contribution < 1.29 is 9.47 Å². The average Bonchev–Trinajstić information content (AvgIpc) is 1.89. The Kier molecular flexibility index (Phi) is 6.59. The maximum absolute atomic E-state index is 4.89. The van der Waals surface area contributed by atoms with Gasteiger partial charge in [0.1, 0.15) is 13.4 Å². The molecular weight excluding hydrogens is 116 g/mol. The molecule has 0 aromatic rings. The van der Waals surface area contributed by atoms with Gasteiger partial charge in [-0.1, -0.05) is 12.0 Å². The van der Waals surface area contributed by atoms with E-state index in [0.29, 0.717) is 13.2 Å². The van der Waals surface area contributed by atoms with E-state index in [-0.39, 0.29) is 6.79 Å². The van der Waals surface area contributed by atoms with Gasteiger partial charge in [-0.25, -0.2) is 0 Å². The third-order valence-electron chi connectivity index (χ3n) is 0.588. The van der Waals surface area contributed by atoms with E-state index in [9.17, 15) is 0 Å². The third-order valence-corrected chi connectivity index (χ3v) is 0.588. The molecular formula is C7H10O2. The maximum atomic E-state index is 4.89. The number of hydrogen-bond acceptors (Lipinski definition) is 2. The van der Waals surface area contributed by atoms with Crippen LogP contribution in [-0.4, -0.2) is 20.0 Å². The second-order valence-electron chi connectivity index (χ2n) is 1.33. The van der Waals surface area contributed by atoms with Gasteiger partial charge in [-0.3, -0.25) is 0 Å². The summed E-state index contributed by atoms with van der Waals surface area (Å²) in [4.78, 5) is 0. The van der Waals surface area contributed by atoms with Crippen LogP contribution in [0.3, 0.4) is 0 Å². The molecule has 0 N–H and O–H groups in total. The molecule has 0 saturated heterocycles. The first kappa shape index (κ1) is 8.22. The van der Waals surface area contributed by atoms with Crippen molar-refractivity contribution in [2.24, 2.45) is 0 Å². The predicted octanol–water partition coefficient (Wildman–Crippen LogP) is 0.796. The minimum Gasteiger partial charge on any atom is -0.351 e. The van der Waals surface area contributed by atoms with Gasteiger partial charge in [0, 0.05) is 0 Å². The quantitative estimate of drug-likeness (QED) is 0.235. The van der Waals surface area contributed by atoms with Gasteiger partial charge in [0.15, 0.2) is 0 Å². The lowest BCUT2D eigenvalue weighted by Crippen LogP contribution is -1.99. The predicted molar refractivity (Wildman–Crippen MR) is 35.8 cm³/mol. The zero-order valence-electron chi connectivity index (χ0n) is 5.30. The Labute approximate surface area is 55.5 Å². The molecule has 0 amide bonds. The maximum Gasteiger partial charge on any atom is 0.148 e. The summed E-state index contributed by atoms with van der Waals surface area (Å²) in [6.45, 7) is 4.51. The summed E-state index contributed by atoms with van der Waals surface area (Å²) in [6, 6.07) is 0. The lowest BCUT2D eigenvalue weighted by Gasteiger charge is -1.97. The summed E-state index contributed by atoms with van der Waals surface area (Å²) in [5.74, 6) is 2.32. The van der Waals surface area contributed by atoms with Crippen molar-refractivity contribution >= 4 is 0 Å². The topological polar surface area (TPSA) is 18.5 Å². The Morgan fingerprint density at radius 1 is 1.56 bits per heavy atom. The van der Waals surface area contributed by atoms with E-state index in [0.717, 1.165) is 0 Å². The molecule has 50 valence electrons. The molecule has 9 heavy (non-hydrogen) atoms. The van der Waals surface area contributed by atoms with E-state index < -0.39 is 0 Å².